The standard InChI is InChI=1S/C23H26FN3O3/c1-16(22(29)25-21-10-6-18(7-11-21)17(2)28)26-12-3-13-27(15-14-26)23(30)19-4-8-20(24)9-5-19/h4-11,16H,3,12-15H2,1-2H3,(H,25,29). The molecule has 0 aliphatic carbocycles. The molecular formula is C23H26FN3O3. The van der Waals surface area contributed by atoms with E-state index in [0.717, 1.165) is 6.42 Å². The molecule has 1 N–H and O–H groups in total. The zero-order chi connectivity index (χ0) is 21.7. The van der Waals surface area contributed by atoms with Gasteiger partial charge in [-0.25, -0.2) is 4.39 Å². The molecule has 1 aliphatic heterocycles. The zero-order valence-corrected chi connectivity index (χ0v) is 17.2. The maximum absolute atomic E-state index is 13.1. The van der Waals surface area contributed by atoms with Crippen LogP contribution < -0.4 is 5.32 Å². The molecule has 1 aliphatic rings. The Kier molecular flexibility index (Phi) is 6.95. The second kappa shape index (κ2) is 9.63. The summed E-state index contributed by atoms with van der Waals surface area (Å²) in [5.74, 6) is -0.654. The minimum absolute atomic E-state index is 0.0226. The van der Waals surface area contributed by atoms with Crippen molar-refractivity contribution < 1.29 is 18.8 Å². The van der Waals surface area contributed by atoms with Gasteiger partial charge < -0.3 is 10.2 Å². The molecule has 0 spiro atoms. The van der Waals surface area contributed by atoms with Crippen molar-refractivity contribution in [3.05, 3.63) is 65.5 Å². The third-order valence-electron chi connectivity index (χ3n) is 5.40. The number of Topliss-reactive ketones (excluding diaryl/α,β-unsaturated/α-hetero) is 1. The van der Waals surface area contributed by atoms with Gasteiger partial charge >= 0.3 is 0 Å². The van der Waals surface area contributed by atoms with Crippen LogP contribution in [-0.4, -0.2) is 59.6 Å². The van der Waals surface area contributed by atoms with E-state index >= 15 is 0 Å². The van der Waals surface area contributed by atoms with Gasteiger partial charge in [0.15, 0.2) is 5.78 Å². The van der Waals surface area contributed by atoms with Gasteiger partial charge in [-0.1, -0.05) is 0 Å². The Balaban J connectivity index is 1.57. The molecule has 1 unspecified atom stereocenters. The lowest BCUT2D eigenvalue weighted by Crippen LogP contribution is -2.44. The van der Waals surface area contributed by atoms with Gasteiger partial charge in [-0.15, -0.1) is 0 Å². The van der Waals surface area contributed by atoms with E-state index in [2.05, 4.69) is 10.2 Å². The maximum atomic E-state index is 13.1. The molecule has 1 heterocycles. The molecule has 0 radical (unpaired) electrons. The predicted molar refractivity (Wildman–Crippen MR) is 113 cm³/mol. The Bertz CT molecular complexity index is 912. The van der Waals surface area contributed by atoms with E-state index in [1.807, 2.05) is 6.92 Å². The molecule has 1 atom stereocenters. The first-order valence-corrected chi connectivity index (χ1v) is 10.1. The minimum atomic E-state index is -0.371. The van der Waals surface area contributed by atoms with Crippen molar-refractivity contribution in [1.82, 2.24) is 9.80 Å². The monoisotopic (exact) mass is 411 g/mol. The Hall–Kier alpha value is -3.06. The molecule has 0 bridgehead atoms. The van der Waals surface area contributed by atoms with Gasteiger partial charge in [-0.05, 0) is 68.8 Å². The Morgan fingerprint density at radius 3 is 2.17 bits per heavy atom. The summed E-state index contributed by atoms with van der Waals surface area (Å²) in [6.45, 7) is 5.71. The molecular weight excluding hydrogens is 385 g/mol. The molecule has 1 fully saturated rings. The number of nitrogens with zero attached hydrogens (tertiary/aromatic N) is 2. The van der Waals surface area contributed by atoms with Gasteiger partial charge in [0, 0.05) is 43.0 Å². The molecule has 2 amide bonds. The molecule has 0 saturated carbocycles. The minimum Gasteiger partial charge on any atom is -0.337 e. The van der Waals surface area contributed by atoms with Gasteiger partial charge in [-0.2, -0.15) is 0 Å². The smallest absolute Gasteiger partial charge is 0.253 e. The number of nitrogens with one attached hydrogen (secondary N) is 1. The van der Waals surface area contributed by atoms with E-state index in [4.69, 9.17) is 0 Å². The van der Waals surface area contributed by atoms with E-state index in [1.54, 1.807) is 29.2 Å². The van der Waals surface area contributed by atoms with Gasteiger partial charge in [-0.3, -0.25) is 19.3 Å². The Morgan fingerprint density at radius 1 is 0.900 bits per heavy atom. The van der Waals surface area contributed by atoms with E-state index < -0.39 is 0 Å². The summed E-state index contributed by atoms with van der Waals surface area (Å²) in [6.07, 6.45) is 0.748. The highest BCUT2D eigenvalue weighted by Gasteiger charge is 2.26. The quantitative estimate of drug-likeness (QED) is 0.767. The molecule has 158 valence electrons. The van der Waals surface area contributed by atoms with Crippen LogP contribution in [0.1, 0.15) is 41.0 Å². The van der Waals surface area contributed by atoms with Crippen molar-refractivity contribution in [3.8, 4) is 0 Å². The van der Waals surface area contributed by atoms with Crippen molar-refractivity contribution in [1.29, 1.82) is 0 Å². The fraction of sp³-hybridized carbons (Fsp3) is 0.348. The van der Waals surface area contributed by atoms with Crippen molar-refractivity contribution in [3.63, 3.8) is 0 Å². The van der Waals surface area contributed by atoms with Gasteiger partial charge in [0.2, 0.25) is 5.91 Å². The SMILES string of the molecule is CC(=O)c1ccc(NC(=O)C(C)N2CCCN(C(=O)c3ccc(F)cc3)CC2)cc1. The van der Waals surface area contributed by atoms with Crippen LogP contribution in [0.3, 0.4) is 0 Å². The summed E-state index contributed by atoms with van der Waals surface area (Å²) < 4.78 is 13.1. The number of benzene rings is 2. The highest BCUT2D eigenvalue weighted by atomic mass is 19.1. The molecule has 7 heteroatoms. The molecule has 2 aromatic rings. The molecule has 30 heavy (non-hydrogen) atoms. The third kappa shape index (κ3) is 5.30. The van der Waals surface area contributed by atoms with Crippen LogP contribution in [0.15, 0.2) is 48.5 Å². The molecule has 2 aromatic carbocycles. The first-order chi connectivity index (χ1) is 14.3. The van der Waals surface area contributed by atoms with E-state index in [1.165, 1.54) is 31.2 Å². The predicted octanol–water partition coefficient (Wildman–Crippen LogP) is 3.20. The molecule has 0 aromatic heterocycles. The number of ketones is 1. The number of carbonyl (C=O) groups excluding carboxylic acids is 3. The number of carbonyl (C=O) groups is 3. The maximum Gasteiger partial charge on any atom is 0.253 e. The molecule has 1 saturated heterocycles. The highest BCUT2D eigenvalue weighted by molar-refractivity contribution is 5.97. The lowest BCUT2D eigenvalue weighted by Gasteiger charge is -2.27. The summed E-state index contributed by atoms with van der Waals surface area (Å²) in [6, 6.07) is 12.0. The summed E-state index contributed by atoms with van der Waals surface area (Å²) >= 11 is 0. The summed E-state index contributed by atoms with van der Waals surface area (Å²) in [7, 11) is 0. The lowest BCUT2D eigenvalue weighted by molar-refractivity contribution is -0.120. The van der Waals surface area contributed by atoms with Crippen LogP contribution >= 0.6 is 0 Å². The number of amides is 2. The normalized spacial score (nSPS) is 15.9. The van der Waals surface area contributed by atoms with Crippen molar-refractivity contribution >= 4 is 23.3 Å². The molecule has 6 nitrogen and oxygen atoms in total. The second-order valence-corrected chi connectivity index (χ2v) is 7.49. The Labute approximate surface area is 175 Å². The van der Waals surface area contributed by atoms with Gasteiger partial charge in [0.05, 0.1) is 6.04 Å². The van der Waals surface area contributed by atoms with E-state index in [9.17, 15) is 18.8 Å². The summed E-state index contributed by atoms with van der Waals surface area (Å²) in [5.41, 5.74) is 1.70. The highest BCUT2D eigenvalue weighted by Crippen LogP contribution is 2.15. The van der Waals surface area contributed by atoms with Crippen molar-refractivity contribution in [2.24, 2.45) is 0 Å². The third-order valence-corrected chi connectivity index (χ3v) is 5.40. The first kappa shape index (κ1) is 21.6. The molecule has 3 rings (SSSR count). The van der Waals surface area contributed by atoms with Gasteiger partial charge in [0.25, 0.3) is 5.91 Å². The van der Waals surface area contributed by atoms with Crippen LogP contribution in [0.4, 0.5) is 10.1 Å². The average Bonchev–Trinajstić information content (AvgIpc) is 3.00. The Morgan fingerprint density at radius 2 is 1.53 bits per heavy atom. The number of halogens is 1. The second-order valence-electron chi connectivity index (χ2n) is 7.49. The largest absolute Gasteiger partial charge is 0.337 e. The van der Waals surface area contributed by atoms with Gasteiger partial charge in [0.1, 0.15) is 5.82 Å². The van der Waals surface area contributed by atoms with Crippen molar-refractivity contribution in [2.75, 3.05) is 31.5 Å². The van der Waals surface area contributed by atoms with Crippen LogP contribution in [0.25, 0.3) is 0 Å². The van der Waals surface area contributed by atoms with Crippen molar-refractivity contribution in [2.45, 2.75) is 26.3 Å². The summed E-state index contributed by atoms with van der Waals surface area (Å²) in [4.78, 5) is 40.5. The summed E-state index contributed by atoms with van der Waals surface area (Å²) in [5, 5.41) is 2.88. The first-order valence-electron chi connectivity index (χ1n) is 10.1. The topological polar surface area (TPSA) is 69.7 Å². The van der Waals surface area contributed by atoms with Crippen LogP contribution in [0.2, 0.25) is 0 Å². The number of anilines is 1. The fourth-order valence-corrected chi connectivity index (χ4v) is 3.50. The fourth-order valence-electron chi connectivity index (χ4n) is 3.50. The number of hydrogen-bond acceptors (Lipinski definition) is 4. The van der Waals surface area contributed by atoms with E-state index in [0.29, 0.717) is 43.0 Å². The van der Waals surface area contributed by atoms with E-state index in [-0.39, 0.29) is 29.5 Å². The average molecular weight is 411 g/mol. The van der Waals surface area contributed by atoms with Crippen LogP contribution in [0, 0.1) is 5.82 Å². The lowest BCUT2D eigenvalue weighted by atomic mass is 10.1. The zero-order valence-electron chi connectivity index (χ0n) is 17.2. The van der Waals surface area contributed by atoms with Crippen LogP contribution in [0.5, 0.6) is 0 Å². The van der Waals surface area contributed by atoms with Crippen LogP contribution in [-0.2, 0) is 4.79 Å². The number of hydrogen-bond donors (Lipinski definition) is 1. The number of rotatable bonds is 5.